The van der Waals surface area contributed by atoms with Crippen molar-refractivity contribution in [2.75, 3.05) is 19.8 Å². The fourth-order valence-electron chi connectivity index (χ4n) is 5.50. The van der Waals surface area contributed by atoms with Crippen LogP contribution in [0.4, 0.5) is 0 Å². The van der Waals surface area contributed by atoms with Gasteiger partial charge in [0.05, 0.1) is 44.2 Å². The van der Waals surface area contributed by atoms with Gasteiger partial charge in [0.2, 0.25) is 0 Å². The minimum Gasteiger partial charge on any atom is -0.465 e. The van der Waals surface area contributed by atoms with Crippen LogP contribution in [0.5, 0.6) is 0 Å². The number of hydrogen-bond donors (Lipinski definition) is 6. The summed E-state index contributed by atoms with van der Waals surface area (Å²) in [6, 6.07) is 9.99. The number of esters is 1. The van der Waals surface area contributed by atoms with Crippen LogP contribution >= 0.6 is 11.3 Å². The molecule has 3 rings (SSSR count). The number of rotatable bonds is 15. The molecule has 1 aliphatic rings. The molecular weight excluding hydrogens is 496 g/mol. The second kappa shape index (κ2) is 14.0. The van der Waals surface area contributed by atoms with E-state index in [2.05, 4.69) is 0 Å². The fraction of sp³-hybridized carbons (Fsp3) is 0.679. The number of carbonyl (C=O) groups excluding carboxylic acids is 1. The molecular formula is C28H42O8S. The summed E-state index contributed by atoms with van der Waals surface area (Å²) in [6.45, 7) is 0.541. The lowest BCUT2D eigenvalue weighted by Crippen LogP contribution is -2.49. The lowest BCUT2D eigenvalue weighted by Gasteiger charge is -2.32. The maximum Gasteiger partial charge on any atom is 0.319 e. The molecule has 208 valence electrons. The SMILES string of the molecule is CCCOC(=O)C(CO)(CO)C(O)CCCC[C@@H]1[C@@H](CC[C@@H](O)c2cc3ccccc3s2)[C@H](O)C[C@@H]1O. The summed E-state index contributed by atoms with van der Waals surface area (Å²) >= 11 is 1.57. The van der Waals surface area contributed by atoms with Crippen LogP contribution in [0.25, 0.3) is 10.1 Å². The number of aliphatic hydroxyl groups excluding tert-OH is 6. The van der Waals surface area contributed by atoms with Gasteiger partial charge in [0.15, 0.2) is 0 Å². The van der Waals surface area contributed by atoms with Crippen LogP contribution in [0.3, 0.4) is 0 Å². The van der Waals surface area contributed by atoms with Crippen molar-refractivity contribution in [2.24, 2.45) is 17.3 Å². The van der Waals surface area contributed by atoms with Crippen molar-refractivity contribution >= 4 is 27.4 Å². The molecule has 2 aromatic rings. The highest BCUT2D eigenvalue weighted by atomic mass is 32.1. The Morgan fingerprint density at radius 2 is 1.73 bits per heavy atom. The zero-order chi connectivity index (χ0) is 27.0. The van der Waals surface area contributed by atoms with Gasteiger partial charge in [0.1, 0.15) is 5.41 Å². The van der Waals surface area contributed by atoms with Crippen LogP contribution in [0.1, 0.15) is 69.3 Å². The van der Waals surface area contributed by atoms with Crippen molar-refractivity contribution < 1.29 is 40.2 Å². The number of benzene rings is 1. The smallest absolute Gasteiger partial charge is 0.319 e. The highest BCUT2D eigenvalue weighted by Crippen LogP contribution is 2.41. The number of fused-ring (bicyclic) bond motifs is 1. The third-order valence-corrected chi connectivity index (χ3v) is 9.10. The first-order valence-electron chi connectivity index (χ1n) is 13.4. The molecule has 1 saturated carbocycles. The monoisotopic (exact) mass is 538 g/mol. The number of hydrogen-bond acceptors (Lipinski definition) is 9. The Morgan fingerprint density at radius 1 is 1.05 bits per heavy atom. The molecule has 1 aromatic heterocycles. The summed E-state index contributed by atoms with van der Waals surface area (Å²) in [5.41, 5.74) is -1.76. The summed E-state index contributed by atoms with van der Waals surface area (Å²) in [7, 11) is 0. The maximum atomic E-state index is 12.4. The van der Waals surface area contributed by atoms with Gasteiger partial charge in [-0.25, -0.2) is 0 Å². The lowest BCUT2D eigenvalue weighted by atomic mass is 9.80. The van der Waals surface area contributed by atoms with Crippen LogP contribution in [-0.2, 0) is 9.53 Å². The molecule has 0 radical (unpaired) electrons. The Hall–Kier alpha value is -1.59. The van der Waals surface area contributed by atoms with E-state index in [9.17, 15) is 35.4 Å². The Bertz CT molecular complexity index is 941. The molecule has 0 bridgehead atoms. The Balaban J connectivity index is 1.51. The molecule has 1 aliphatic carbocycles. The van der Waals surface area contributed by atoms with E-state index in [1.807, 2.05) is 37.3 Å². The molecule has 0 aliphatic heterocycles. The number of thiophene rings is 1. The van der Waals surface area contributed by atoms with Gasteiger partial charge in [-0.15, -0.1) is 11.3 Å². The van der Waals surface area contributed by atoms with E-state index in [4.69, 9.17) is 4.74 Å². The van der Waals surface area contributed by atoms with E-state index in [0.717, 1.165) is 15.0 Å². The van der Waals surface area contributed by atoms with Gasteiger partial charge in [0.25, 0.3) is 0 Å². The van der Waals surface area contributed by atoms with E-state index < -0.39 is 49.0 Å². The molecule has 9 heteroatoms. The quantitative estimate of drug-likeness (QED) is 0.150. The van der Waals surface area contributed by atoms with Crippen molar-refractivity contribution in [1.29, 1.82) is 0 Å². The molecule has 0 saturated heterocycles. The summed E-state index contributed by atoms with van der Waals surface area (Å²) in [5.74, 6) is -1.07. The minimum atomic E-state index is -1.76. The van der Waals surface area contributed by atoms with Crippen LogP contribution in [0.15, 0.2) is 30.3 Å². The number of unbranched alkanes of at least 4 members (excludes halogenated alkanes) is 1. The van der Waals surface area contributed by atoms with Crippen molar-refractivity contribution in [3.05, 3.63) is 35.2 Å². The minimum absolute atomic E-state index is 0.128. The highest BCUT2D eigenvalue weighted by molar-refractivity contribution is 7.19. The highest BCUT2D eigenvalue weighted by Gasteiger charge is 2.46. The molecule has 1 heterocycles. The number of ether oxygens (including phenoxy) is 1. The average molecular weight is 539 g/mol. The largest absolute Gasteiger partial charge is 0.465 e. The molecule has 37 heavy (non-hydrogen) atoms. The maximum absolute atomic E-state index is 12.4. The first-order chi connectivity index (χ1) is 17.8. The van der Waals surface area contributed by atoms with Gasteiger partial charge in [-0.05, 0) is 67.9 Å². The van der Waals surface area contributed by atoms with Crippen LogP contribution in [-0.4, -0.2) is 74.7 Å². The first kappa shape index (κ1) is 30.0. The summed E-state index contributed by atoms with van der Waals surface area (Å²) < 4.78 is 6.21. The van der Waals surface area contributed by atoms with Gasteiger partial charge >= 0.3 is 5.97 Å². The van der Waals surface area contributed by atoms with Crippen molar-refractivity contribution in [1.82, 2.24) is 0 Å². The van der Waals surface area contributed by atoms with Crippen molar-refractivity contribution in [2.45, 2.75) is 82.7 Å². The molecule has 8 nitrogen and oxygen atoms in total. The zero-order valence-electron chi connectivity index (χ0n) is 21.5. The zero-order valence-corrected chi connectivity index (χ0v) is 22.4. The van der Waals surface area contributed by atoms with E-state index in [1.54, 1.807) is 11.3 Å². The van der Waals surface area contributed by atoms with Crippen LogP contribution in [0, 0.1) is 17.3 Å². The van der Waals surface area contributed by atoms with Crippen molar-refractivity contribution in [3.63, 3.8) is 0 Å². The Labute approximate surface area is 222 Å². The van der Waals surface area contributed by atoms with Gasteiger partial charge in [-0.2, -0.15) is 0 Å². The molecule has 1 fully saturated rings. The molecule has 6 atom stereocenters. The lowest BCUT2D eigenvalue weighted by molar-refractivity contribution is -0.173. The van der Waals surface area contributed by atoms with Crippen LogP contribution < -0.4 is 0 Å². The van der Waals surface area contributed by atoms with Crippen LogP contribution in [0.2, 0.25) is 0 Å². The topological polar surface area (TPSA) is 148 Å². The normalized spacial score (nSPS) is 23.9. The standard InChI is InChI=1S/C28H42O8S/c1-2-13-36-27(35)28(16-29,17-30)26(34)10-6-4-8-19-20(23(33)15-22(19)32)11-12-21(31)25-14-18-7-3-5-9-24(18)37-25/h3,5,7,9,14,19-23,26,29-34H,2,4,6,8,10-13,15-17H2,1H3/t19-,20-,21-,22+,23-,26?/m1/s1. The fourth-order valence-corrected chi connectivity index (χ4v) is 6.58. The summed E-state index contributed by atoms with van der Waals surface area (Å²) in [5, 5.41) is 63.2. The van der Waals surface area contributed by atoms with E-state index in [1.165, 1.54) is 0 Å². The van der Waals surface area contributed by atoms with Crippen molar-refractivity contribution in [3.8, 4) is 0 Å². The predicted octanol–water partition coefficient (Wildman–Crippen LogP) is 2.92. The van der Waals surface area contributed by atoms with Gasteiger partial charge in [0, 0.05) is 9.58 Å². The van der Waals surface area contributed by atoms with E-state index in [0.29, 0.717) is 44.9 Å². The van der Waals surface area contributed by atoms with E-state index in [-0.39, 0.29) is 24.9 Å². The molecule has 6 N–H and O–H groups in total. The third kappa shape index (κ3) is 7.09. The Morgan fingerprint density at radius 3 is 2.38 bits per heavy atom. The van der Waals surface area contributed by atoms with Gasteiger partial charge < -0.3 is 35.4 Å². The summed E-state index contributed by atoms with van der Waals surface area (Å²) in [6.07, 6.45) is 0.767. The average Bonchev–Trinajstić information content (AvgIpc) is 3.45. The predicted molar refractivity (Wildman–Crippen MR) is 142 cm³/mol. The summed E-state index contributed by atoms with van der Waals surface area (Å²) in [4.78, 5) is 13.3. The second-order valence-electron chi connectivity index (χ2n) is 10.4. The molecule has 0 amide bonds. The number of carbonyl (C=O) groups is 1. The van der Waals surface area contributed by atoms with Gasteiger partial charge in [-0.1, -0.05) is 38.0 Å². The van der Waals surface area contributed by atoms with Gasteiger partial charge in [-0.3, -0.25) is 4.79 Å². The second-order valence-corrected chi connectivity index (χ2v) is 11.5. The van der Waals surface area contributed by atoms with E-state index >= 15 is 0 Å². The molecule has 1 aromatic carbocycles. The molecule has 1 unspecified atom stereocenters. The Kier molecular flexibility index (Phi) is 11.3. The number of aliphatic hydroxyl groups is 6. The first-order valence-corrected chi connectivity index (χ1v) is 14.2. The third-order valence-electron chi connectivity index (χ3n) is 7.88. The molecule has 0 spiro atoms.